The highest BCUT2D eigenvalue weighted by Crippen LogP contribution is 2.02. The fourth-order valence-corrected chi connectivity index (χ4v) is 1.02. The predicted molar refractivity (Wildman–Crippen MR) is 55.1 cm³/mol. The maximum atomic E-state index is 10.9. The molecule has 0 heterocycles. The number of carbonyl (C=O) groups is 1. The van der Waals surface area contributed by atoms with Gasteiger partial charge in [-0.2, -0.15) is 0 Å². The van der Waals surface area contributed by atoms with Gasteiger partial charge >= 0.3 is 5.97 Å². The fourth-order valence-electron chi connectivity index (χ4n) is 1.02. The minimum absolute atomic E-state index is 0.0250. The van der Waals surface area contributed by atoms with E-state index >= 15 is 0 Å². The summed E-state index contributed by atoms with van der Waals surface area (Å²) in [5, 5.41) is 19.5. The third-order valence-corrected chi connectivity index (χ3v) is 1.83. The first kappa shape index (κ1) is 14.1. The molecule has 0 aromatic carbocycles. The first-order chi connectivity index (χ1) is 7.38. The molecule has 0 amide bonds. The van der Waals surface area contributed by atoms with E-state index in [2.05, 4.69) is 10.1 Å². The van der Waals surface area contributed by atoms with Crippen molar-refractivity contribution in [2.75, 3.05) is 7.11 Å². The summed E-state index contributed by atoms with van der Waals surface area (Å²) in [5.41, 5.74) is 10.4. The van der Waals surface area contributed by atoms with Gasteiger partial charge in [-0.25, -0.2) is 0 Å². The number of carbonyl (C=O) groups excluding carboxylic acids is 1. The standard InChI is InChI=1S/C7H15N5O4/c1-16-6(13)4(8)2-3-5(12(14)15)11-7(9)10/h4-5H,2-3,8H2,1H3,(H4,9,10,11)/t4-,5?/m0/s1. The lowest BCUT2D eigenvalue weighted by Gasteiger charge is -2.13. The van der Waals surface area contributed by atoms with E-state index in [1.807, 2.05) is 0 Å². The number of nitrogens with two attached hydrogens (primary N) is 2. The lowest BCUT2D eigenvalue weighted by atomic mass is 10.1. The molecule has 0 aliphatic heterocycles. The maximum Gasteiger partial charge on any atom is 0.322 e. The van der Waals surface area contributed by atoms with Gasteiger partial charge in [-0.15, -0.1) is 0 Å². The zero-order valence-electron chi connectivity index (χ0n) is 8.80. The van der Waals surface area contributed by atoms with Crippen molar-refractivity contribution in [3.63, 3.8) is 0 Å². The SMILES string of the molecule is COC(=O)[C@@H](N)CCC(NC(=N)N)[N+](=O)[O-]. The Kier molecular flexibility index (Phi) is 5.78. The minimum atomic E-state index is -1.23. The third-order valence-electron chi connectivity index (χ3n) is 1.83. The Morgan fingerprint density at radius 3 is 2.56 bits per heavy atom. The van der Waals surface area contributed by atoms with Crippen molar-refractivity contribution in [3.8, 4) is 0 Å². The maximum absolute atomic E-state index is 10.9. The second kappa shape index (κ2) is 6.56. The zero-order chi connectivity index (χ0) is 12.7. The number of ether oxygens (including phenoxy) is 1. The number of nitro groups is 1. The van der Waals surface area contributed by atoms with E-state index in [9.17, 15) is 14.9 Å². The molecule has 0 aliphatic rings. The number of nitrogens with zero attached hydrogens (tertiary/aromatic N) is 1. The quantitative estimate of drug-likeness (QED) is 0.107. The lowest BCUT2D eigenvalue weighted by molar-refractivity contribution is -0.527. The molecular weight excluding hydrogens is 218 g/mol. The predicted octanol–water partition coefficient (Wildman–Crippen LogP) is -1.65. The van der Waals surface area contributed by atoms with Crippen molar-refractivity contribution >= 4 is 11.9 Å². The van der Waals surface area contributed by atoms with Crippen molar-refractivity contribution in [3.05, 3.63) is 10.1 Å². The van der Waals surface area contributed by atoms with Crippen molar-refractivity contribution < 1.29 is 14.5 Å². The van der Waals surface area contributed by atoms with E-state index in [1.165, 1.54) is 7.11 Å². The van der Waals surface area contributed by atoms with Crippen LogP contribution in [0.25, 0.3) is 0 Å². The second-order valence-electron chi connectivity index (χ2n) is 3.07. The number of hydrogen-bond acceptors (Lipinski definition) is 6. The normalized spacial score (nSPS) is 13.6. The number of nitrogens with one attached hydrogen (secondary N) is 2. The number of hydrogen-bond donors (Lipinski definition) is 4. The molecule has 16 heavy (non-hydrogen) atoms. The van der Waals surface area contributed by atoms with Crippen LogP contribution in [0.3, 0.4) is 0 Å². The molecule has 6 N–H and O–H groups in total. The topological polar surface area (TPSA) is 157 Å². The van der Waals surface area contributed by atoms with Crippen molar-refractivity contribution in [2.45, 2.75) is 25.0 Å². The summed E-state index contributed by atoms with van der Waals surface area (Å²) >= 11 is 0. The van der Waals surface area contributed by atoms with E-state index < -0.39 is 29.1 Å². The highest BCUT2D eigenvalue weighted by atomic mass is 16.6. The summed E-state index contributed by atoms with van der Waals surface area (Å²) in [6, 6.07) is -0.916. The van der Waals surface area contributed by atoms with Crippen molar-refractivity contribution in [2.24, 2.45) is 11.5 Å². The molecule has 0 rings (SSSR count). The van der Waals surface area contributed by atoms with Gasteiger partial charge in [-0.3, -0.25) is 25.6 Å². The van der Waals surface area contributed by atoms with Gasteiger partial charge in [0.05, 0.1) is 7.11 Å². The van der Waals surface area contributed by atoms with Gasteiger partial charge in [0.2, 0.25) is 0 Å². The largest absolute Gasteiger partial charge is 0.468 e. The van der Waals surface area contributed by atoms with Crippen LogP contribution in [-0.4, -0.2) is 36.2 Å². The molecule has 1 unspecified atom stereocenters. The van der Waals surface area contributed by atoms with Gasteiger partial charge in [0.25, 0.3) is 6.17 Å². The van der Waals surface area contributed by atoms with Crippen LogP contribution in [0.5, 0.6) is 0 Å². The van der Waals surface area contributed by atoms with Crippen LogP contribution in [-0.2, 0) is 9.53 Å². The summed E-state index contributed by atoms with van der Waals surface area (Å²) in [5.74, 6) is -1.14. The van der Waals surface area contributed by atoms with Gasteiger partial charge in [-0.05, 0) is 6.42 Å². The van der Waals surface area contributed by atoms with Crippen LogP contribution in [0.15, 0.2) is 0 Å². The number of guanidine groups is 1. The molecule has 0 aromatic rings. The molecule has 2 atom stereocenters. The fraction of sp³-hybridized carbons (Fsp3) is 0.714. The van der Waals surface area contributed by atoms with Gasteiger partial charge in [-0.1, -0.05) is 0 Å². The number of esters is 1. The average Bonchev–Trinajstić information content (AvgIpc) is 2.21. The molecule has 0 saturated heterocycles. The monoisotopic (exact) mass is 233 g/mol. The van der Waals surface area contributed by atoms with Gasteiger partial charge in [0, 0.05) is 11.3 Å². The average molecular weight is 233 g/mol. The third kappa shape index (κ3) is 5.10. The molecule has 9 heteroatoms. The summed E-state index contributed by atoms with van der Waals surface area (Å²) in [6.45, 7) is 0. The zero-order valence-corrected chi connectivity index (χ0v) is 8.80. The summed E-state index contributed by atoms with van der Waals surface area (Å²) in [4.78, 5) is 20.8. The Morgan fingerprint density at radius 1 is 1.62 bits per heavy atom. The molecule has 0 bridgehead atoms. The van der Waals surface area contributed by atoms with Crippen molar-refractivity contribution in [1.29, 1.82) is 5.41 Å². The molecule has 0 radical (unpaired) electrons. The van der Waals surface area contributed by atoms with Gasteiger partial charge < -0.3 is 16.2 Å². The summed E-state index contributed by atoms with van der Waals surface area (Å²) in [7, 11) is 1.18. The molecule has 0 fully saturated rings. The Bertz CT molecular complexity index is 282. The number of methoxy groups -OCH3 is 1. The van der Waals surface area contributed by atoms with Crippen LogP contribution in [0.1, 0.15) is 12.8 Å². The van der Waals surface area contributed by atoms with Crippen LogP contribution < -0.4 is 16.8 Å². The molecule has 0 aromatic heterocycles. The van der Waals surface area contributed by atoms with E-state index in [4.69, 9.17) is 16.9 Å². The Morgan fingerprint density at radius 2 is 2.19 bits per heavy atom. The van der Waals surface area contributed by atoms with Gasteiger partial charge in [0.1, 0.15) is 6.04 Å². The van der Waals surface area contributed by atoms with E-state index in [0.717, 1.165) is 0 Å². The number of rotatable bonds is 6. The van der Waals surface area contributed by atoms with Crippen LogP contribution in [0, 0.1) is 15.5 Å². The van der Waals surface area contributed by atoms with E-state index in [0.29, 0.717) is 0 Å². The lowest BCUT2D eigenvalue weighted by Crippen LogP contribution is -2.45. The van der Waals surface area contributed by atoms with Crippen LogP contribution in [0.2, 0.25) is 0 Å². The van der Waals surface area contributed by atoms with Gasteiger partial charge in [0.15, 0.2) is 5.96 Å². The first-order valence-electron chi connectivity index (χ1n) is 4.46. The molecule has 0 saturated carbocycles. The Hall–Kier alpha value is -1.90. The molecule has 9 nitrogen and oxygen atoms in total. The second-order valence-corrected chi connectivity index (χ2v) is 3.07. The van der Waals surface area contributed by atoms with Crippen molar-refractivity contribution in [1.82, 2.24) is 5.32 Å². The van der Waals surface area contributed by atoms with Crippen LogP contribution >= 0.6 is 0 Å². The minimum Gasteiger partial charge on any atom is -0.468 e. The molecule has 0 aliphatic carbocycles. The molecular formula is C7H15N5O4. The molecule has 92 valence electrons. The Balaban J connectivity index is 4.16. The summed E-state index contributed by atoms with van der Waals surface area (Å²) in [6.07, 6.45) is -1.19. The highest BCUT2D eigenvalue weighted by Gasteiger charge is 2.23. The van der Waals surface area contributed by atoms with Crippen LogP contribution in [0.4, 0.5) is 0 Å². The Labute approximate surface area is 91.8 Å². The molecule has 0 spiro atoms. The summed E-state index contributed by atoms with van der Waals surface area (Å²) < 4.78 is 4.36. The van der Waals surface area contributed by atoms with E-state index in [1.54, 1.807) is 0 Å². The van der Waals surface area contributed by atoms with E-state index in [-0.39, 0.29) is 12.8 Å². The highest BCUT2D eigenvalue weighted by molar-refractivity contribution is 5.75. The first-order valence-corrected chi connectivity index (χ1v) is 4.46. The smallest absolute Gasteiger partial charge is 0.322 e.